The number of allylic oxidation sites excluding steroid dienone is 2. The Hall–Kier alpha value is -1.42. The molecule has 0 unspecified atom stereocenters. The van der Waals surface area contributed by atoms with Gasteiger partial charge in [-0.2, -0.15) is 0 Å². The molecule has 0 radical (unpaired) electrons. The van der Waals surface area contributed by atoms with Crippen LogP contribution in [-0.4, -0.2) is 11.8 Å². The topological polar surface area (TPSA) is 37.4 Å². The fourth-order valence-corrected chi connectivity index (χ4v) is 5.42. The van der Waals surface area contributed by atoms with Crippen LogP contribution in [0.3, 0.4) is 0 Å². The highest BCUT2D eigenvalue weighted by Crippen LogP contribution is 2.73. The Kier molecular flexibility index (Phi) is 2.32. The van der Waals surface area contributed by atoms with E-state index < -0.39 is 0 Å². The zero-order chi connectivity index (χ0) is 15.2. The summed E-state index contributed by atoms with van der Waals surface area (Å²) < 4.78 is 0.933. The van der Waals surface area contributed by atoms with Gasteiger partial charge < -0.3 is 0 Å². The van der Waals surface area contributed by atoms with Crippen molar-refractivity contribution in [3.63, 3.8) is 0 Å². The first-order valence-corrected chi connectivity index (χ1v) is 8.66. The van der Waals surface area contributed by atoms with Gasteiger partial charge in [-0.25, -0.2) is 4.90 Å². The van der Waals surface area contributed by atoms with Crippen LogP contribution in [0.4, 0.5) is 5.69 Å². The van der Waals surface area contributed by atoms with E-state index in [4.69, 9.17) is 0 Å². The predicted octanol–water partition coefficient (Wildman–Crippen LogP) is 3.46. The second-order valence-electron chi connectivity index (χ2n) is 7.17. The van der Waals surface area contributed by atoms with E-state index in [9.17, 15) is 9.59 Å². The van der Waals surface area contributed by atoms with Crippen LogP contribution in [0, 0.1) is 36.0 Å². The lowest BCUT2D eigenvalue weighted by molar-refractivity contribution is -0.123. The summed E-state index contributed by atoms with van der Waals surface area (Å²) in [5.41, 5.74) is 2.06. The van der Waals surface area contributed by atoms with Crippen molar-refractivity contribution in [1.82, 2.24) is 0 Å². The Bertz CT molecular complexity index is 730. The van der Waals surface area contributed by atoms with Crippen molar-refractivity contribution < 1.29 is 9.59 Å². The number of hydrogen-bond donors (Lipinski definition) is 0. The maximum absolute atomic E-state index is 13.0. The molecule has 4 heteroatoms. The fourth-order valence-electron chi connectivity index (χ4n) is 5.05. The van der Waals surface area contributed by atoms with Crippen molar-refractivity contribution in [2.75, 3.05) is 4.90 Å². The molecule has 2 amide bonds. The normalized spacial score (nSPS) is 36.5. The second-order valence-corrected chi connectivity index (χ2v) is 8.02. The number of carbonyl (C=O) groups is 2. The summed E-state index contributed by atoms with van der Waals surface area (Å²) in [6.45, 7) is 2.00. The molecule has 1 aliphatic heterocycles. The molecule has 112 valence electrons. The van der Waals surface area contributed by atoms with Crippen LogP contribution in [0.25, 0.3) is 0 Å². The summed E-state index contributed by atoms with van der Waals surface area (Å²) in [7, 11) is 0. The third kappa shape index (κ3) is 1.34. The molecule has 1 spiro atoms. The molecule has 1 heterocycles. The number of anilines is 1. The number of nitrogens with zero attached hydrogens (tertiary/aromatic N) is 1. The maximum Gasteiger partial charge on any atom is 0.238 e. The highest BCUT2D eigenvalue weighted by atomic mass is 79.9. The molecule has 1 saturated heterocycles. The molecule has 22 heavy (non-hydrogen) atoms. The molecule has 0 aromatic heterocycles. The van der Waals surface area contributed by atoms with Gasteiger partial charge >= 0.3 is 0 Å². The maximum atomic E-state index is 13.0. The van der Waals surface area contributed by atoms with Crippen LogP contribution in [0.15, 0.2) is 34.8 Å². The summed E-state index contributed by atoms with van der Waals surface area (Å²) in [5.74, 6) is 0.355. The number of carbonyl (C=O) groups excluding carboxylic acids is 2. The third-order valence-electron chi connectivity index (χ3n) is 6.27. The monoisotopic (exact) mass is 357 g/mol. The van der Waals surface area contributed by atoms with E-state index in [2.05, 4.69) is 28.1 Å². The molecule has 1 aromatic carbocycles. The van der Waals surface area contributed by atoms with E-state index in [0.29, 0.717) is 5.69 Å². The molecule has 2 bridgehead atoms. The molecule has 3 aliphatic carbocycles. The predicted molar refractivity (Wildman–Crippen MR) is 86.1 cm³/mol. The fraction of sp³-hybridized carbons (Fsp3) is 0.444. The Morgan fingerprint density at radius 3 is 2.18 bits per heavy atom. The number of amides is 2. The summed E-state index contributed by atoms with van der Waals surface area (Å²) in [6.07, 6.45) is 6.77. The van der Waals surface area contributed by atoms with E-state index in [1.54, 1.807) is 0 Å². The van der Waals surface area contributed by atoms with Gasteiger partial charge in [-0.1, -0.05) is 34.1 Å². The SMILES string of the molecule is Cc1ccc(N2C(=O)[C@@H]3[C@@H](C2=O)[C@@H]2C=C[C@H]3C23CC3)cc1Br. The van der Waals surface area contributed by atoms with Crippen molar-refractivity contribution in [1.29, 1.82) is 0 Å². The summed E-state index contributed by atoms with van der Waals surface area (Å²) >= 11 is 3.50. The highest BCUT2D eigenvalue weighted by molar-refractivity contribution is 9.10. The van der Waals surface area contributed by atoms with Crippen molar-refractivity contribution in [3.05, 3.63) is 40.4 Å². The van der Waals surface area contributed by atoms with Crippen LogP contribution in [0.5, 0.6) is 0 Å². The minimum atomic E-state index is -0.120. The molecule has 1 aromatic rings. The molecule has 3 nitrogen and oxygen atoms in total. The minimum absolute atomic E-state index is 0.00822. The molecular formula is C18H16BrNO2. The van der Waals surface area contributed by atoms with E-state index >= 15 is 0 Å². The summed E-state index contributed by atoms with van der Waals surface area (Å²) in [4.78, 5) is 27.3. The van der Waals surface area contributed by atoms with Gasteiger partial charge in [0.25, 0.3) is 0 Å². The van der Waals surface area contributed by atoms with E-state index in [1.807, 2.05) is 25.1 Å². The number of fused-ring (bicyclic) bond motifs is 3. The van der Waals surface area contributed by atoms with Gasteiger partial charge in [-0.05, 0) is 54.7 Å². The van der Waals surface area contributed by atoms with Crippen LogP contribution in [-0.2, 0) is 9.59 Å². The van der Waals surface area contributed by atoms with Crippen molar-refractivity contribution in [3.8, 4) is 0 Å². The number of imide groups is 1. The number of hydrogen-bond acceptors (Lipinski definition) is 2. The molecule has 4 atom stereocenters. The summed E-state index contributed by atoms with van der Waals surface area (Å²) in [6, 6.07) is 5.71. The quantitative estimate of drug-likeness (QED) is 0.570. The second kappa shape index (κ2) is 3.91. The lowest BCUT2D eigenvalue weighted by Gasteiger charge is -2.22. The number of rotatable bonds is 1. The van der Waals surface area contributed by atoms with E-state index in [1.165, 1.54) is 17.7 Å². The zero-order valence-electron chi connectivity index (χ0n) is 12.3. The van der Waals surface area contributed by atoms with Gasteiger partial charge in [0.2, 0.25) is 11.8 Å². The smallest absolute Gasteiger partial charge is 0.238 e. The first-order chi connectivity index (χ1) is 10.5. The van der Waals surface area contributed by atoms with Crippen LogP contribution >= 0.6 is 15.9 Å². The van der Waals surface area contributed by atoms with Crippen molar-refractivity contribution in [2.24, 2.45) is 29.1 Å². The highest BCUT2D eigenvalue weighted by Gasteiger charge is 2.73. The van der Waals surface area contributed by atoms with Crippen molar-refractivity contribution >= 4 is 33.4 Å². The number of halogens is 1. The lowest BCUT2D eigenvalue weighted by atomic mass is 9.85. The first kappa shape index (κ1) is 13.1. The van der Waals surface area contributed by atoms with Crippen molar-refractivity contribution in [2.45, 2.75) is 19.8 Å². The third-order valence-corrected chi connectivity index (χ3v) is 7.12. The molecule has 0 N–H and O–H groups in total. The van der Waals surface area contributed by atoms with Gasteiger partial charge in [-0.3, -0.25) is 9.59 Å². The van der Waals surface area contributed by atoms with Crippen LogP contribution in [0.1, 0.15) is 18.4 Å². The van der Waals surface area contributed by atoms with E-state index in [0.717, 1.165) is 10.0 Å². The van der Waals surface area contributed by atoms with Gasteiger partial charge in [0.15, 0.2) is 0 Å². The lowest BCUT2D eigenvalue weighted by Crippen LogP contribution is -2.34. The van der Waals surface area contributed by atoms with E-state index in [-0.39, 0.29) is 40.9 Å². The number of benzene rings is 1. The zero-order valence-corrected chi connectivity index (χ0v) is 13.8. The molecular weight excluding hydrogens is 342 g/mol. The van der Waals surface area contributed by atoms with Gasteiger partial charge in [0.05, 0.1) is 17.5 Å². The largest absolute Gasteiger partial charge is 0.274 e. The Balaban J connectivity index is 1.57. The Labute approximate surface area is 137 Å². The minimum Gasteiger partial charge on any atom is -0.274 e. The van der Waals surface area contributed by atoms with Gasteiger partial charge in [0, 0.05) is 4.47 Å². The molecule has 5 rings (SSSR count). The summed E-state index contributed by atoms with van der Waals surface area (Å²) in [5, 5.41) is 0. The first-order valence-electron chi connectivity index (χ1n) is 7.87. The van der Waals surface area contributed by atoms with Crippen LogP contribution in [0.2, 0.25) is 0 Å². The molecule has 3 fully saturated rings. The average molecular weight is 358 g/mol. The van der Waals surface area contributed by atoms with Gasteiger partial charge in [-0.15, -0.1) is 0 Å². The van der Waals surface area contributed by atoms with Crippen LogP contribution < -0.4 is 4.90 Å². The van der Waals surface area contributed by atoms with Gasteiger partial charge in [0.1, 0.15) is 0 Å². The molecule has 4 aliphatic rings. The average Bonchev–Trinajstić information content (AvgIpc) is 3.08. The number of aryl methyl sites for hydroxylation is 1. The Morgan fingerprint density at radius 2 is 1.68 bits per heavy atom. The molecule has 2 saturated carbocycles. The standard InChI is InChI=1S/C18H16BrNO2/c1-9-2-3-10(8-13(9)19)20-16(21)14-11-4-5-12(15(14)17(20)22)18(11)6-7-18/h2-5,8,11-12,14-15H,6-7H2,1H3/t11-,12+,14-,15-/m0/s1. The Morgan fingerprint density at radius 1 is 1.09 bits per heavy atom.